The van der Waals surface area contributed by atoms with E-state index >= 15 is 0 Å². The van der Waals surface area contributed by atoms with Gasteiger partial charge in [-0.25, -0.2) is 4.57 Å². The van der Waals surface area contributed by atoms with Crippen molar-refractivity contribution >= 4 is 7.82 Å². The first-order valence-electron chi connectivity index (χ1n) is 16.1. The van der Waals surface area contributed by atoms with E-state index in [9.17, 15) is 14.6 Å². The monoisotopic (exact) mass is 563 g/mol. The molecule has 2 N–H and O–H groups in total. The molecule has 38 heavy (non-hydrogen) atoms. The first-order valence-corrected chi connectivity index (χ1v) is 17.6. The quantitative estimate of drug-likeness (QED) is 0.0703. The minimum Gasteiger partial charge on any atom is -0.388 e. The van der Waals surface area contributed by atoms with Gasteiger partial charge in [-0.05, 0) is 58.2 Å². The first-order chi connectivity index (χ1) is 18.5. The number of ether oxygens (including phenoxy) is 1. The summed E-state index contributed by atoms with van der Waals surface area (Å²) in [4.78, 5) is 12.2. The first kappa shape index (κ1) is 36.0. The highest BCUT2D eigenvalue weighted by molar-refractivity contribution is 7.47. The lowest BCUT2D eigenvalue weighted by Gasteiger charge is -2.16. The Kier molecular flexibility index (Phi) is 24.6. The van der Waals surface area contributed by atoms with Crippen molar-refractivity contribution in [2.75, 3.05) is 46.1 Å². The van der Waals surface area contributed by atoms with Crippen LogP contribution < -0.4 is 0 Å². The topological polar surface area (TPSA) is 88.5 Å². The van der Waals surface area contributed by atoms with Crippen LogP contribution in [0.4, 0.5) is 0 Å². The third kappa shape index (κ3) is 23.8. The predicted molar refractivity (Wildman–Crippen MR) is 158 cm³/mol. The van der Waals surface area contributed by atoms with Crippen LogP contribution in [0.15, 0.2) is 0 Å². The van der Waals surface area contributed by atoms with E-state index in [1.807, 2.05) is 0 Å². The van der Waals surface area contributed by atoms with Gasteiger partial charge in [0.2, 0.25) is 0 Å². The molecule has 2 atom stereocenters. The number of unbranched alkanes of at least 4 members (excludes halogenated alkanes) is 17. The Labute approximate surface area is 235 Å². The summed E-state index contributed by atoms with van der Waals surface area (Å²) in [6.07, 6.45) is 25.8. The highest BCUT2D eigenvalue weighted by atomic mass is 31.2. The third-order valence-corrected chi connectivity index (χ3v) is 8.44. The number of aliphatic hydroxyl groups excluding tert-OH is 1. The molecule has 0 radical (unpaired) electrons. The standard InChI is InChI=1S/C30H62NO6P/c1-2-3-4-5-6-7-8-9-10-11-12-13-14-15-16-21-26-35-28-30(32)29-37-38(33,34)36-27-22-17-18-23-31-24-19-20-25-31/h30,32H,2-29H2,1H3,(H,33,34). The average Bonchev–Trinajstić information content (AvgIpc) is 3.42. The van der Waals surface area contributed by atoms with Gasteiger partial charge in [-0.2, -0.15) is 0 Å². The summed E-state index contributed by atoms with van der Waals surface area (Å²) in [7, 11) is -4.12. The van der Waals surface area contributed by atoms with Gasteiger partial charge in [0.1, 0.15) is 6.10 Å². The number of likely N-dealkylation sites (tertiary alicyclic amines) is 1. The molecule has 1 aliphatic rings. The number of nitrogens with zero attached hydrogens (tertiary/aromatic N) is 1. The van der Waals surface area contributed by atoms with Crippen molar-refractivity contribution in [3.63, 3.8) is 0 Å². The molecule has 0 bridgehead atoms. The molecule has 1 rings (SSSR count). The number of rotatable bonds is 29. The van der Waals surface area contributed by atoms with Crippen LogP contribution in [0.1, 0.15) is 142 Å². The lowest BCUT2D eigenvalue weighted by molar-refractivity contribution is 0.00203. The maximum Gasteiger partial charge on any atom is 0.472 e. The molecular formula is C30H62NO6P. The smallest absolute Gasteiger partial charge is 0.388 e. The zero-order valence-electron chi connectivity index (χ0n) is 24.8. The molecule has 0 aromatic carbocycles. The molecule has 0 aliphatic carbocycles. The molecule has 1 fully saturated rings. The average molecular weight is 564 g/mol. The molecule has 7 nitrogen and oxygen atoms in total. The molecule has 0 aromatic rings. The van der Waals surface area contributed by atoms with Gasteiger partial charge >= 0.3 is 7.82 Å². The van der Waals surface area contributed by atoms with Crippen LogP contribution in [0, 0.1) is 0 Å². The van der Waals surface area contributed by atoms with Crippen LogP contribution in [-0.4, -0.2) is 67.1 Å². The fraction of sp³-hybridized carbons (Fsp3) is 1.00. The van der Waals surface area contributed by atoms with Gasteiger partial charge < -0.3 is 19.6 Å². The van der Waals surface area contributed by atoms with E-state index in [2.05, 4.69) is 11.8 Å². The van der Waals surface area contributed by atoms with Crippen molar-refractivity contribution in [2.45, 2.75) is 148 Å². The fourth-order valence-electron chi connectivity index (χ4n) is 5.04. The molecule has 8 heteroatoms. The van der Waals surface area contributed by atoms with Gasteiger partial charge in [0.05, 0.1) is 19.8 Å². The van der Waals surface area contributed by atoms with E-state index in [0.717, 1.165) is 38.6 Å². The Morgan fingerprint density at radius 1 is 0.658 bits per heavy atom. The van der Waals surface area contributed by atoms with Crippen molar-refractivity contribution in [3.05, 3.63) is 0 Å². The molecule has 2 unspecified atom stereocenters. The van der Waals surface area contributed by atoms with Gasteiger partial charge in [-0.1, -0.05) is 103 Å². The zero-order valence-corrected chi connectivity index (χ0v) is 25.7. The molecule has 0 amide bonds. The highest BCUT2D eigenvalue weighted by Gasteiger charge is 2.22. The molecule has 0 saturated carbocycles. The Morgan fingerprint density at radius 3 is 1.68 bits per heavy atom. The van der Waals surface area contributed by atoms with Crippen molar-refractivity contribution in [3.8, 4) is 0 Å². The summed E-state index contributed by atoms with van der Waals surface area (Å²) in [5, 5.41) is 9.95. The van der Waals surface area contributed by atoms with Crippen LogP contribution in [0.3, 0.4) is 0 Å². The van der Waals surface area contributed by atoms with Gasteiger partial charge in [0.15, 0.2) is 0 Å². The molecule has 1 heterocycles. The van der Waals surface area contributed by atoms with Crippen molar-refractivity contribution < 1.29 is 28.3 Å². The second-order valence-corrected chi connectivity index (χ2v) is 12.7. The largest absolute Gasteiger partial charge is 0.472 e. The third-order valence-electron chi connectivity index (χ3n) is 7.45. The van der Waals surface area contributed by atoms with Crippen molar-refractivity contribution in [2.24, 2.45) is 0 Å². The minimum atomic E-state index is -4.12. The van der Waals surface area contributed by atoms with E-state index < -0.39 is 13.9 Å². The van der Waals surface area contributed by atoms with Crippen molar-refractivity contribution in [1.82, 2.24) is 4.90 Å². The highest BCUT2D eigenvalue weighted by Crippen LogP contribution is 2.43. The molecular weight excluding hydrogens is 501 g/mol. The number of hydrogen-bond donors (Lipinski definition) is 2. The Balaban J connectivity index is 1.79. The summed E-state index contributed by atoms with van der Waals surface area (Å²) in [5.41, 5.74) is 0. The van der Waals surface area contributed by atoms with Crippen LogP contribution in [-0.2, 0) is 18.3 Å². The van der Waals surface area contributed by atoms with Crippen LogP contribution in [0.5, 0.6) is 0 Å². The molecule has 0 aromatic heterocycles. The fourth-order valence-corrected chi connectivity index (χ4v) is 5.83. The summed E-state index contributed by atoms with van der Waals surface area (Å²) in [6.45, 7) is 6.40. The minimum absolute atomic E-state index is 0.106. The van der Waals surface area contributed by atoms with Gasteiger partial charge in [-0.15, -0.1) is 0 Å². The second-order valence-electron chi connectivity index (χ2n) is 11.2. The zero-order chi connectivity index (χ0) is 27.6. The van der Waals surface area contributed by atoms with Crippen LogP contribution in [0.2, 0.25) is 0 Å². The molecule has 0 spiro atoms. The Bertz CT molecular complexity index is 547. The van der Waals surface area contributed by atoms with E-state index in [0.29, 0.717) is 6.61 Å². The number of phosphoric acid groups is 1. The SMILES string of the molecule is CCCCCCCCCCCCCCCCCCOCC(O)COP(=O)(O)OCCCCCN1CCCC1. The summed E-state index contributed by atoms with van der Waals surface area (Å²) in [6, 6.07) is 0. The lowest BCUT2D eigenvalue weighted by atomic mass is 10.0. The normalized spacial score (nSPS) is 16.7. The van der Waals surface area contributed by atoms with Gasteiger partial charge in [-0.3, -0.25) is 9.05 Å². The van der Waals surface area contributed by atoms with E-state index in [1.165, 1.54) is 116 Å². The second kappa shape index (κ2) is 25.9. The van der Waals surface area contributed by atoms with E-state index in [-0.39, 0.29) is 19.8 Å². The lowest BCUT2D eigenvalue weighted by Crippen LogP contribution is -2.21. The molecule has 1 aliphatic heterocycles. The van der Waals surface area contributed by atoms with Crippen LogP contribution in [0.25, 0.3) is 0 Å². The maximum atomic E-state index is 12.0. The summed E-state index contributed by atoms with van der Waals surface area (Å²) in [5.74, 6) is 0. The number of hydrogen-bond acceptors (Lipinski definition) is 6. The van der Waals surface area contributed by atoms with E-state index in [1.54, 1.807) is 0 Å². The van der Waals surface area contributed by atoms with E-state index in [4.69, 9.17) is 13.8 Å². The number of phosphoric ester groups is 1. The predicted octanol–water partition coefficient (Wildman–Crippen LogP) is 8.03. The summed E-state index contributed by atoms with van der Waals surface area (Å²) >= 11 is 0. The Hall–Kier alpha value is -0.0100. The van der Waals surface area contributed by atoms with Gasteiger partial charge in [0, 0.05) is 6.61 Å². The van der Waals surface area contributed by atoms with Crippen molar-refractivity contribution in [1.29, 1.82) is 0 Å². The maximum absolute atomic E-state index is 12.0. The molecule has 228 valence electrons. The molecule has 1 saturated heterocycles. The Morgan fingerprint density at radius 2 is 1.13 bits per heavy atom. The number of aliphatic hydroxyl groups is 1. The summed E-state index contributed by atoms with van der Waals surface area (Å²) < 4.78 is 27.4. The van der Waals surface area contributed by atoms with Crippen LogP contribution >= 0.6 is 7.82 Å². The van der Waals surface area contributed by atoms with Gasteiger partial charge in [0.25, 0.3) is 0 Å².